The van der Waals surface area contributed by atoms with E-state index in [0.717, 1.165) is 36.3 Å². The average Bonchev–Trinajstić information content (AvgIpc) is 3.11. The van der Waals surface area contributed by atoms with Gasteiger partial charge in [-0.05, 0) is 48.1 Å². The number of carbonyl (C=O) groups is 1. The van der Waals surface area contributed by atoms with Crippen molar-refractivity contribution in [1.82, 2.24) is 0 Å². The Morgan fingerprint density at radius 3 is 2.90 bits per heavy atom. The summed E-state index contributed by atoms with van der Waals surface area (Å²) in [5, 5.41) is 0. The molecule has 110 valence electrons. The van der Waals surface area contributed by atoms with Gasteiger partial charge in [-0.15, -0.1) is 0 Å². The van der Waals surface area contributed by atoms with Crippen LogP contribution in [0.15, 0.2) is 24.3 Å². The molecule has 1 saturated carbocycles. The summed E-state index contributed by atoms with van der Waals surface area (Å²) in [6.07, 6.45) is 7.86. The van der Waals surface area contributed by atoms with E-state index in [9.17, 15) is 4.79 Å². The minimum atomic E-state index is -0.0520. The quantitative estimate of drug-likeness (QED) is 0.906. The second kappa shape index (κ2) is 4.60. The van der Waals surface area contributed by atoms with Crippen molar-refractivity contribution in [2.24, 2.45) is 11.7 Å². The Balaban J connectivity index is 1.89. The highest BCUT2D eigenvalue weighted by Gasteiger charge is 2.46. The Bertz CT molecular complexity index is 637. The van der Waals surface area contributed by atoms with Crippen LogP contribution in [0.2, 0.25) is 0 Å². The lowest BCUT2D eigenvalue weighted by Crippen LogP contribution is -2.34. The highest BCUT2D eigenvalue weighted by atomic mass is 16.7. The molecule has 3 aliphatic rings. The van der Waals surface area contributed by atoms with Crippen molar-refractivity contribution in [3.05, 3.63) is 35.4 Å². The molecule has 0 bridgehead atoms. The molecule has 0 amide bonds. The number of allylic oxidation sites excluding steroid dienone is 2. The Kier molecular flexibility index (Phi) is 2.82. The molecule has 0 spiro atoms. The van der Waals surface area contributed by atoms with Gasteiger partial charge in [0.25, 0.3) is 0 Å². The summed E-state index contributed by atoms with van der Waals surface area (Å²) in [5.74, 6) is 2.21. The first kappa shape index (κ1) is 12.9. The van der Waals surface area contributed by atoms with Gasteiger partial charge < -0.3 is 15.2 Å². The number of ketones is 1. The van der Waals surface area contributed by atoms with E-state index in [0.29, 0.717) is 18.9 Å². The van der Waals surface area contributed by atoms with Crippen molar-refractivity contribution in [2.75, 3.05) is 6.79 Å². The van der Waals surface area contributed by atoms with Gasteiger partial charge in [-0.1, -0.05) is 12.5 Å². The lowest BCUT2D eigenvalue weighted by atomic mass is 9.66. The van der Waals surface area contributed by atoms with Gasteiger partial charge in [0.2, 0.25) is 6.79 Å². The van der Waals surface area contributed by atoms with E-state index in [2.05, 4.69) is 12.1 Å². The van der Waals surface area contributed by atoms with Gasteiger partial charge in [-0.25, -0.2) is 0 Å². The van der Waals surface area contributed by atoms with Crippen LogP contribution in [-0.2, 0) is 16.8 Å². The fraction of sp³-hybridized carbons (Fsp3) is 0.471. The molecule has 0 aromatic heterocycles. The summed E-state index contributed by atoms with van der Waals surface area (Å²) in [6.45, 7) is 0.746. The topological polar surface area (TPSA) is 61.6 Å². The van der Waals surface area contributed by atoms with Crippen LogP contribution in [0.5, 0.6) is 11.5 Å². The van der Waals surface area contributed by atoms with Gasteiger partial charge in [-0.2, -0.15) is 0 Å². The third-order valence-electron chi connectivity index (χ3n) is 5.21. The lowest BCUT2D eigenvalue weighted by molar-refractivity contribution is -0.116. The maximum Gasteiger partial charge on any atom is 0.231 e. The van der Waals surface area contributed by atoms with Crippen LogP contribution < -0.4 is 15.2 Å². The number of benzene rings is 1. The third-order valence-corrected chi connectivity index (χ3v) is 5.21. The van der Waals surface area contributed by atoms with Crippen molar-refractivity contribution in [3.8, 4) is 11.5 Å². The minimum Gasteiger partial charge on any atom is -0.454 e. The number of fused-ring (bicyclic) bond motifs is 2. The number of hydrogen-bond donors (Lipinski definition) is 1. The largest absolute Gasteiger partial charge is 0.454 e. The number of nitrogens with two attached hydrogens (primary N) is 1. The summed E-state index contributed by atoms with van der Waals surface area (Å²) >= 11 is 0. The van der Waals surface area contributed by atoms with Gasteiger partial charge >= 0.3 is 0 Å². The first-order chi connectivity index (χ1) is 10.2. The SMILES string of the molecule is NCc1cc2c(cc1[C@@]13C=CC(=O)C[C@@H]1CCC3)OCO2. The fourth-order valence-electron chi connectivity index (χ4n) is 4.19. The van der Waals surface area contributed by atoms with Crippen molar-refractivity contribution < 1.29 is 14.3 Å². The van der Waals surface area contributed by atoms with Crippen LogP contribution in [0.3, 0.4) is 0 Å². The van der Waals surface area contributed by atoms with E-state index in [1.807, 2.05) is 6.07 Å². The molecular weight excluding hydrogens is 266 g/mol. The number of rotatable bonds is 2. The first-order valence-electron chi connectivity index (χ1n) is 7.58. The molecule has 4 heteroatoms. The standard InChI is InChI=1S/C17H19NO3/c18-9-11-6-15-16(21-10-20-15)8-14(11)17-4-1-2-12(17)7-13(19)3-5-17/h3,5-6,8,12H,1-2,4,7,9-10,18H2/t12-,17-/m0/s1. The van der Waals surface area contributed by atoms with Crippen molar-refractivity contribution in [1.29, 1.82) is 0 Å². The molecule has 4 rings (SSSR count). The van der Waals surface area contributed by atoms with Crippen LogP contribution in [0.1, 0.15) is 36.8 Å². The Morgan fingerprint density at radius 2 is 2.10 bits per heavy atom. The van der Waals surface area contributed by atoms with E-state index in [1.165, 1.54) is 5.56 Å². The van der Waals surface area contributed by atoms with Gasteiger partial charge in [0.05, 0.1) is 0 Å². The van der Waals surface area contributed by atoms with Gasteiger partial charge in [0.15, 0.2) is 17.3 Å². The fourth-order valence-corrected chi connectivity index (χ4v) is 4.19. The molecule has 0 radical (unpaired) electrons. The van der Waals surface area contributed by atoms with Crippen molar-refractivity contribution >= 4 is 5.78 Å². The van der Waals surface area contributed by atoms with Crippen molar-refractivity contribution in [2.45, 2.75) is 37.6 Å². The molecule has 1 aromatic carbocycles. The van der Waals surface area contributed by atoms with Crippen LogP contribution in [0, 0.1) is 5.92 Å². The molecule has 2 aliphatic carbocycles. The van der Waals surface area contributed by atoms with E-state index in [1.54, 1.807) is 6.08 Å². The second-order valence-electron chi connectivity index (χ2n) is 6.20. The van der Waals surface area contributed by atoms with Crippen LogP contribution in [-0.4, -0.2) is 12.6 Å². The molecule has 0 saturated heterocycles. The van der Waals surface area contributed by atoms with E-state index in [4.69, 9.17) is 15.2 Å². The molecular formula is C17H19NO3. The first-order valence-corrected chi connectivity index (χ1v) is 7.58. The number of ether oxygens (including phenoxy) is 2. The predicted octanol–water partition coefficient (Wildman–Crippen LogP) is 2.44. The smallest absolute Gasteiger partial charge is 0.231 e. The summed E-state index contributed by atoms with van der Waals surface area (Å²) in [6, 6.07) is 4.09. The summed E-state index contributed by atoms with van der Waals surface area (Å²) in [5.41, 5.74) is 8.24. The summed E-state index contributed by atoms with van der Waals surface area (Å²) in [7, 11) is 0. The van der Waals surface area contributed by atoms with Gasteiger partial charge in [-0.3, -0.25) is 4.79 Å². The molecule has 2 N–H and O–H groups in total. The zero-order chi connectivity index (χ0) is 14.4. The number of hydrogen-bond acceptors (Lipinski definition) is 4. The molecule has 2 atom stereocenters. The zero-order valence-electron chi connectivity index (χ0n) is 11.9. The van der Waals surface area contributed by atoms with Crippen LogP contribution >= 0.6 is 0 Å². The highest BCUT2D eigenvalue weighted by molar-refractivity contribution is 5.91. The summed E-state index contributed by atoms with van der Waals surface area (Å²) < 4.78 is 11.0. The maximum absolute atomic E-state index is 11.8. The molecule has 4 nitrogen and oxygen atoms in total. The van der Waals surface area contributed by atoms with E-state index in [-0.39, 0.29) is 18.0 Å². The highest BCUT2D eigenvalue weighted by Crippen LogP contribution is 2.53. The van der Waals surface area contributed by atoms with Crippen molar-refractivity contribution in [3.63, 3.8) is 0 Å². The van der Waals surface area contributed by atoms with Crippen LogP contribution in [0.4, 0.5) is 0 Å². The Morgan fingerprint density at radius 1 is 1.29 bits per heavy atom. The van der Waals surface area contributed by atoms with E-state index < -0.39 is 0 Å². The molecule has 0 unspecified atom stereocenters. The lowest BCUT2D eigenvalue weighted by Gasteiger charge is -2.37. The molecule has 1 aliphatic heterocycles. The predicted molar refractivity (Wildman–Crippen MR) is 78.2 cm³/mol. The van der Waals surface area contributed by atoms with Crippen LogP contribution in [0.25, 0.3) is 0 Å². The second-order valence-corrected chi connectivity index (χ2v) is 6.20. The molecule has 1 aromatic rings. The molecule has 21 heavy (non-hydrogen) atoms. The normalized spacial score (nSPS) is 29.8. The zero-order valence-corrected chi connectivity index (χ0v) is 11.9. The molecule has 1 fully saturated rings. The van der Waals surface area contributed by atoms with Gasteiger partial charge in [0, 0.05) is 18.4 Å². The van der Waals surface area contributed by atoms with E-state index >= 15 is 0 Å². The third kappa shape index (κ3) is 1.82. The Labute approximate surface area is 123 Å². The minimum absolute atomic E-state index is 0.0520. The number of carbonyl (C=O) groups excluding carboxylic acids is 1. The Hall–Kier alpha value is -1.81. The van der Waals surface area contributed by atoms with Gasteiger partial charge in [0.1, 0.15) is 0 Å². The summed E-state index contributed by atoms with van der Waals surface area (Å²) in [4.78, 5) is 11.8. The maximum atomic E-state index is 11.8. The monoisotopic (exact) mass is 285 g/mol. The molecule has 1 heterocycles. The average molecular weight is 285 g/mol.